The zero-order valence-corrected chi connectivity index (χ0v) is 9.44. The summed E-state index contributed by atoms with van der Waals surface area (Å²) in [6, 6.07) is 0. The van der Waals surface area contributed by atoms with Crippen molar-refractivity contribution in [3.63, 3.8) is 0 Å². The molecule has 0 N–H and O–H groups in total. The molecule has 78 valence electrons. The molecule has 13 heavy (non-hydrogen) atoms. The molecular weight excluding hydrogens is 160 g/mol. The highest BCUT2D eigenvalue weighted by Crippen LogP contribution is 2.15. The van der Waals surface area contributed by atoms with E-state index in [1.165, 1.54) is 32.1 Å². The Kier molecular flexibility index (Phi) is 8.07. The molecule has 1 unspecified atom stereocenters. The van der Waals surface area contributed by atoms with E-state index in [1.807, 2.05) is 0 Å². The first kappa shape index (κ1) is 12.7. The van der Waals surface area contributed by atoms with Crippen LogP contribution in [-0.4, -0.2) is 5.78 Å². The van der Waals surface area contributed by atoms with Crippen LogP contribution in [0, 0.1) is 5.92 Å². The van der Waals surface area contributed by atoms with E-state index in [9.17, 15) is 4.79 Å². The minimum absolute atomic E-state index is 0.334. The fourth-order valence-corrected chi connectivity index (χ4v) is 1.56. The molecule has 0 aromatic heterocycles. The number of carbonyl (C=O) groups excluding carboxylic acids is 1. The van der Waals surface area contributed by atoms with Gasteiger partial charge in [-0.3, -0.25) is 0 Å². The Bertz CT molecular complexity index is 129. The van der Waals surface area contributed by atoms with Crippen molar-refractivity contribution in [1.29, 1.82) is 0 Å². The zero-order valence-electron chi connectivity index (χ0n) is 9.44. The third-order valence-electron chi connectivity index (χ3n) is 2.53. The summed E-state index contributed by atoms with van der Waals surface area (Å²) in [5.74, 6) is 1.19. The minimum atomic E-state index is 0.334. The van der Waals surface area contributed by atoms with Gasteiger partial charge in [0, 0.05) is 6.42 Å². The van der Waals surface area contributed by atoms with Gasteiger partial charge in [-0.2, -0.15) is 0 Å². The molecule has 1 heteroatoms. The molecule has 0 aliphatic heterocycles. The van der Waals surface area contributed by atoms with E-state index in [4.69, 9.17) is 0 Å². The predicted octanol–water partition coefficient (Wildman–Crippen LogP) is 3.96. The highest BCUT2D eigenvalue weighted by atomic mass is 16.1. The summed E-state index contributed by atoms with van der Waals surface area (Å²) in [4.78, 5) is 10.7. The Labute approximate surface area is 82.9 Å². The van der Waals surface area contributed by atoms with Crippen molar-refractivity contribution in [3.8, 4) is 0 Å². The van der Waals surface area contributed by atoms with Crippen LogP contribution >= 0.6 is 0 Å². The van der Waals surface area contributed by atoms with Gasteiger partial charge in [0.25, 0.3) is 0 Å². The molecule has 0 radical (unpaired) electrons. The average molecular weight is 184 g/mol. The lowest BCUT2D eigenvalue weighted by Gasteiger charge is -2.09. The fourth-order valence-electron chi connectivity index (χ4n) is 1.56. The summed E-state index contributed by atoms with van der Waals surface area (Å²) in [5.41, 5.74) is 0. The third kappa shape index (κ3) is 9.59. The van der Waals surface area contributed by atoms with E-state index in [2.05, 4.69) is 13.8 Å². The molecule has 0 spiro atoms. The molecule has 0 aliphatic carbocycles. The lowest BCUT2D eigenvalue weighted by molar-refractivity contribution is -0.117. The summed E-state index contributed by atoms with van der Waals surface area (Å²) in [6.45, 7) is 6.24. The van der Waals surface area contributed by atoms with Crippen molar-refractivity contribution in [1.82, 2.24) is 0 Å². The van der Waals surface area contributed by atoms with E-state index < -0.39 is 0 Å². The second-order valence-electron chi connectivity index (χ2n) is 4.20. The molecule has 0 aliphatic rings. The maximum Gasteiger partial charge on any atom is 0.129 e. The van der Waals surface area contributed by atoms with Crippen LogP contribution in [0.2, 0.25) is 0 Å². The number of Topliss-reactive ketones (excluding diaryl/α,β-unsaturated/α-hetero) is 1. The summed E-state index contributed by atoms with van der Waals surface area (Å²) < 4.78 is 0. The van der Waals surface area contributed by atoms with Gasteiger partial charge in [-0.15, -0.1) is 0 Å². The van der Waals surface area contributed by atoms with Gasteiger partial charge in [0.15, 0.2) is 0 Å². The number of carbonyl (C=O) groups is 1. The summed E-state index contributed by atoms with van der Waals surface area (Å²) in [5, 5.41) is 0. The van der Waals surface area contributed by atoms with Gasteiger partial charge in [-0.25, -0.2) is 0 Å². The van der Waals surface area contributed by atoms with Crippen LogP contribution in [0.4, 0.5) is 0 Å². The van der Waals surface area contributed by atoms with Gasteiger partial charge in [0.05, 0.1) is 0 Å². The minimum Gasteiger partial charge on any atom is -0.300 e. The number of unbranched alkanes of at least 4 members (excludes halogenated alkanes) is 2. The summed E-state index contributed by atoms with van der Waals surface area (Å²) >= 11 is 0. The van der Waals surface area contributed by atoms with Crippen LogP contribution in [0.1, 0.15) is 65.7 Å². The first-order valence-electron chi connectivity index (χ1n) is 5.66. The first-order valence-corrected chi connectivity index (χ1v) is 5.66. The van der Waals surface area contributed by atoms with E-state index >= 15 is 0 Å². The van der Waals surface area contributed by atoms with Gasteiger partial charge in [-0.05, 0) is 19.3 Å². The average Bonchev–Trinajstić information content (AvgIpc) is 2.08. The van der Waals surface area contributed by atoms with E-state index in [-0.39, 0.29) is 0 Å². The molecule has 1 atom stereocenters. The molecule has 0 bridgehead atoms. The quantitative estimate of drug-likeness (QED) is 0.522. The van der Waals surface area contributed by atoms with E-state index in [1.54, 1.807) is 6.92 Å². The number of rotatable bonds is 8. The predicted molar refractivity (Wildman–Crippen MR) is 57.8 cm³/mol. The van der Waals surface area contributed by atoms with Crippen LogP contribution in [0.5, 0.6) is 0 Å². The molecule has 1 nitrogen and oxygen atoms in total. The second kappa shape index (κ2) is 8.28. The van der Waals surface area contributed by atoms with Crippen molar-refractivity contribution in [3.05, 3.63) is 0 Å². The van der Waals surface area contributed by atoms with Gasteiger partial charge in [-0.1, -0.05) is 46.0 Å². The van der Waals surface area contributed by atoms with Gasteiger partial charge < -0.3 is 4.79 Å². The maximum absolute atomic E-state index is 10.7. The Morgan fingerprint density at radius 1 is 1.15 bits per heavy atom. The van der Waals surface area contributed by atoms with Crippen LogP contribution in [-0.2, 0) is 4.79 Å². The molecule has 0 saturated heterocycles. The molecule has 0 rings (SSSR count). The Morgan fingerprint density at radius 2 is 1.77 bits per heavy atom. The molecule has 0 saturated carbocycles. The third-order valence-corrected chi connectivity index (χ3v) is 2.53. The molecule has 0 amide bonds. The smallest absolute Gasteiger partial charge is 0.129 e. The molecule has 0 aromatic carbocycles. The molecule has 0 fully saturated rings. The van der Waals surface area contributed by atoms with E-state index in [0.717, 1.165) is 18.8 Å². The van der Waals surface area contributed by atoms with Crippen molar-refractivity contribution >= 4 is 5.78 Å². The van der Waals surface area contributed by atoms with E-state index in [0.29, 0.717) is 5.78 Å². The van der Waals surface area contributed by atoms with Crippen molar-refractivity contribution < 1.29 is 4.79 Å². The van der Waals surface area contributed by atoms with Crippen molar-refractivity contribution in [2.24, 2.45) is 5.92 Å². The molecular formula is C12H24O. The van der Waals surface area contributed by atoms with Crippen LogP contribution in [0.3, 0.4) is 0 Å². The molecule has 0 aromatic rings. The first-order chi connectivity index (χ1) is 6.16. The maximum atomic E-state index is 10.7. The van der Waals surface area contributed by atoms with Gasteiger partial charge in [0.1, 0.15) is 5.78 Å². The highest BCUT2D eigenvalue weighted by molar-refractivity contribution is 5.75. The van der Waals surface area contributed by atoms with Crippen LogP contribution < -0.4 is 0 Å². The monoisotopic (exact) mass is 184 g/mol. The highest BCUT2D eigenvalue weighted by Gasteiger charge is 2.01. The lowest BCUT2D eigenvalue weighted by atomic mass is 9.97. The van der Waals surface area contributed by atoms with Gasteiger partial charge >= 0.3 is 0 Å². The largest absolute Gasteiger partial charge is 0.300 e. The fraction of sp³-hybridized carbons (Fsp3) is 0.917. The van der Waals surface area contributed by atoms with Crippen LogP contribution in [0.15, 0.2) is 0 Å². The zero-order chi connectivity index (χ0) is 10.1. The second-order valence-corrected chi connectivity index (χ2v) is 4.20. The SMILES string of the molecule is CCCCC(C)CCCCC(C)=O. The topological polar surface area (TPSA) is 17.1 Å². The summed E-state index contributed by atoms with van der Waals surface area (Å²) in [7, 11) is 0. The summed E-state index contributed by atoms with van der Waals surface area (Å²) in [6.07, 6.45) is 8.41. The normalized spacial score (nSPS) is 12.8. The number of hydrogen-bond donors (Lipinski definition) is 0. The number of ketones is 1. The Morgan fingerprint density at radius 3 is 2.31 bits per heavy atom. The van der Waals surface area contributed by atoms with Crippen molar-refractivity contribution in [2.75, 3.05) is 0 Å². The number of hydrogen-bond acceptors (Lipinski definition) is 1. The van der Waals surface area contributed by atoms with Crippen molar-refractivity contribution in [2.45, 2.75) is 65.7 Å². The Balaban J connectivity index is 3.16. The van der Waals surface area contributed by atoms with Crippen LogP contribution in [0.25, 0.3) is 0 Å². The lowest BCUT2D eigenvalue weighted by Crippen LogP contribution is -1.96. The molecule has 0 heterocycles. The Hall–Kier alpha value is -0.330. The standard InChI is InChI=1S/C12H24O/c1-4-5-8-11(2)9-6-7-10-12(3)13/h11H,4-10H2,1-3H3. The van der Waals surface area contributed by atoms with Gasteiger partial charge in [0.2, 0.25) is 0 Å².